The summed E-state index contributed by atoms with van der Waals surface area (Å²) in [4.78, 5) is 8.47. The zero-order chi connectivity index (χ0) is 14.5. The highest BCUT2D eigenvalue weighted by atomic mass is 16.4. The summed E-state index contributed by atoms with van der Waals surface area (Å²) in [6.07, 6.45) is 1.77. The van der Waals surface area contributed by atoms with Crippen molar-refractivity contribution in [2.75, 3.05) is 7.05 Å². The van der Waals surface area contributed by atoms with Crippen LogP contribution >= 0.6 is 0 Å². The lowest BCUT2D eigenvalue weighted by Crippen LogP contribution is -2.36. The molecule has 0 aliphatic heterocycles. The number of hydrogen-bond acceptors (Lipinski definition) is 4. The molecule has 0 bridgehead atoms. The van der Waals surface area contributed by atoms with Gasteiger partial charge < -0.3 is 15.1 Å². The highest BCUT2D eigenvalue weighted by Crippen LogP contribution is 2.07. The first-order chi connectivity index (χ1) is 9.60. The minimum Gasteiger partial charge on any atom is -0.444 e. The summed E-state index contributed by atoms with van der Waals surface area (Å²) in [5.74, 6) is 2.20. The molecule has 108 valence electrons. The molecule has 0 saturated heterocycles. The van der Waals surface area contributed by atoms with Crippen LogP contribution in [0.2, 0.25) is 0 Å². The van der Waals surface area contributed by atoms with Crippen LogP contribution in [-0.2, 0) is 20.1 Å². The Morgan fingerprint density at radius 3 is 2.65 bits per heavy atom. The van der Waals surface area contributed by atoms with Crippen molar-refractivity contribution >= 4 is 5.96 Å². The van der Waals surface area contributed by atoms with Crippen molar-refractivity contribution in [3.63, 3.8) is 0 Å². The Balaban J connectivity index is 1.85. The number of hydrogen-bond donors (Lipinski definition) is 2. The Morgan fingerprint density at radius 2 is 2.10 bits per heavy atom. The minimum absolute atomic E-state index is 0.500. The largest absolute Gasteiger partial charge is 0.444 e. The lowest BCUT2D eigenvalue weighted by molar-refractivity contribution is 0.463. The van der Waals surface area contributed by atoms with Gasteiger partial charge in [0.15, 0.2) is 5.96 Å². The molecule has 2 aromatic rings. The van der Waals surface area contributed by atoms with Gasteiger partial charge in [-0.3, -0.25) is 9.67 Å². The van der Waals surface area contributed by atoms with E-state index in [0.29, 0.717) is 24.9 Å². The van der Waals surface area contributed by atoms with Crippen LogP contribution < -0.4 is 10.6 Å². The average Bonchev–Trinajstić information content (AvgIpc) is 2.97. The van der Waals surface area contributed by atoms with Gasteiger partial charge in [0.2, 0.25) is 5.89 Å². The molecular weight excluding hydrogens is 256 g/mol. The van der Waals surface area contributed by atoms with Crippen molar-refractivity contribution in [2.45, 2.75) is 26.9 Å². The first-order valence-corrected chi connectivity index (χ1v) is 6.44. The van der Waals surface area contributed by atoms with Crippen molar-refractivity contribution in [3.8, 4) is 0 Å². The Labute approximate surface area is 118 Å². The van der Waals surface area contributed by atoms with Gasteiger partial charge in [-0.05, 0) is 19.9 Å². The summed E-state index contributed by atoms with van der Waals surface area (Å²) in [5, 5.41) is 10.5. The smallest absolute Gasteiger partial charge is 0.214 e. The summed E-state index contributed by atoms with van der Waals surface area (Å²) in [6, 6.07) is 1.96. The number of nitrogens with one attached hydrogen (secondary N) is 2. The molecule has 0 aromatic carbocycles. The molecule has 0 amide bonds. The Hall–Kier alpha value is -2.31. The lowest BCUT2D eigenvalue weighted by atomic mass is 10.4. The SMILES string of the molecule is CN=C(NCc1nc(C)c(C)o1)NCc1ccnn1C. The number of aliphatic imine (C=N–C) groups is 1. The molecule has 0 aliphatic rings. The van der Waals surface area contributed by atoms with Crippen LogP contribution in [0.25, 0.3) is 0 Å². The molecule has 2 rings (SSSR count). The van der Waals surface area contributed by atoms with E-state index in [0.717, 1.165) is 17.1 Å². The van der Waals surface area contributed by atoms with Crippen LogP contribution in [0.5, 0.6) is 0 Å². The van der Waals surface area contributed by atoms with Gasteiger partial charge in [0.25, 0.3) is 0 Å². The summed E-state index contributed by atoms with van der Waals surface area (Å²) < 4.78 is 7.33. The zero-order valence-corrected chi connectivity index (χ0v) is 12.3. The number of aromatic nitrogens is 3. The van der Waals surface area contributed by atoms with E-state index < -0.39 is 0 Å². The monoisotopic (exact) mass is 276 g/mol. The maximum atomic E-state index is 5.51. The number of oxazole rings is 1. The fourth-order valence-corrected chi connectivity index (χ4v) is 1.74. The third kappa shape index (κ3) is 3.37. The second-order valence-electron chi connectivity index (χ2n) is 4.47. The van der Waals surface area contributed by atoms with Gasteiger partial charge in [0.05, 0.1) is 24.5 Å². The number of rotatable bonds is 4. The van der Waals surface area contributed by atoms with Crippen molar-refractivity contribution in [3.05, 3.63) is 35.3 Å². The van der Waals surface area contributed by atoms with E-state index in [-0.39, 0.29) is 0 Å². The molecule has 0 unspecified atom stereocenters. The quantitative estimate of drug-likeness (QED) is 0.640. The van der Waals surface area contributed by atoms with Gasteiger partial charge in [-0.25, -0.2) is 4.98 Å². The molecule has 2 N–H and O–H groups in total. The van der Waals surface area contributed by atoms with E-state index >= 15 is 0 Å². The molecule has 7 nitrogen and oxygen atoms in total. The van der Waals surface area contributed by atoms with E-state index in [4.69, 9.17) is 4.42 Å². The van der Waals surface area contributed by atoms with Gasteiger partial charge in [0, 0.05) is 20.3 Å². The standard InChI is InChI=1S/C13H20N6O/c1-9-10(2)20-12(18-9)8-16-13(14-3)15-7-11-5-6-17-19(11)4/h5-6H,7-8H2,1-4H3,(H2,14,15,16). The van der Waals surface area contributed by atoms with Crippen LogP contribution in [0.1, 0.15) is 23.0 Å². The summed E-state index contributed by atoms with van der Waals surface area (Å²) >= 11 is 0. The van der Waals surface area contributed by atoms with E-state index in [1.54, 1.807) is 13.2 Å². The number of guanidine groups is 1. The molecule has 20 heavy (non-hydrogen) atoms. The maximum absolute atomic E-state index is 5.51. The van der Waals surface area contributed by atoms with Crippen LogP contribution in [0, 0.1) is 13.8 Å². The summed E-state index contributed by atoms with van der Waals surface area (Å²) in [6.45, 7) is 4.98. The van der Waals surface area contributed by atoms with Crippen LogP contribution in [0.4, 0.5) is 0 Å². The summed E-state index contributed by atoms with van der Waals surface area (Å²) in [5.41, 5.74) is 2.00. The van der Waals surface area contributed by atoms with Crippen LogP contribution in [0.3, 0.4) is 0 Å². The van der Waals surface area contributed by atoms with Crippen molar-refractivity contribution in [2.24, 2.45) is 12.0 Å². The van der Waals surface area contributed by atoms with Crippen LogP contribution in [-0.4, -0.2) is 27.8 Å². The normalized spacial score (nSPS) is 11.7. The van der Waals surface area contributed by atoms with Gasteiger partial charge in [0.1, 0.15) is 5.76 Å². The first kappa shape index (κ1) is 14.1. The molecule has 0 radical (unpaired) electrons. The highest BCUT2D eigenvalue weighted by molar-refractivity contribution is 5.79. The fraction of sp³-hybridized carbons (Fsp3) is 0.462. The highest BCUT2D eigenvalue weighted by Gasteiger charge is 2.06. The molecule has 2 aromatic heterocycles. The predicted molar refractivity (Wildman–Crippen MR) is 76.2 cm³/mol. The molecule has 2 heterocycles. The van der Waals surface area contributed by atoms with E-state index in [1.165, 1.54) is 0 Å². The Morgan fingerprint density at radius 1 is 1.35 bits per heavy atom. The first-order valence-electron chi connectivity index (χ1n) is 6.44. The summed E-state index contributed by atoms with van der Waals surface area (Å²) in [7, 11) is 3.64. The van der Waals surface area contributed by atoms with Crippen molar-refractivity contribution < 1.29 is 4.42 Å². The zero-order valence-electron chi connectivity index (χ0n) is 12.3. The Kier molecular flexibility index (Phi) is 4.39. The van der Waals surface area contributed by atoms with Crippen LogP contribution in [0.15, 0.2) is 21.7 Å². The minimum atomic E-state index is 0.500. The second kappa shape index (κ2) is 6.23. The molecule has 0 saturated carbocycles. The van der Waals surface area contributed by atoms with Gasteiger partial charge in [-0.1, -0.05) is 0 Å². The molecule has 0 fully saturated rings. The van der Waals surface area contributed by atoms with E-state index in [1.807, 2.05) is 31.6 Å². The molecule has 0 aliphatic carbocycles. The van der Waals surface area contributed by atoms with Gasteiger partial charge in [-0.15, -0.1) is 0 Å². The van der Waals surface area contributed by atoms with Gasteiger partial charge >= 0.3 is 0 Å². The topological polar surface area (TPSA) is 80.3 Å². The van der Waals surface area contributed by atoms with Crippen molar-refractivity contribution in [1.82, 2.24) is 25.4 Å². The molecular formula is C13H20N6O. The molecule has 7 heteroatoms. The Bertz CT molecular complexity index is 578. The number of aryl methyl sites for hydroxylation is 3. The number of nitrogens with zero attached hydrogens (tertiary/aromatic N) is 4. The van der Waals surface area contributed by atoms with E-state index in [9.17, 15) is 0 Å². The third-order valence-electron chi connectivity index (χ3n) is 3.06. The maximum Gasteiger partial charge on any atom is 0.214 e. The third-order valence-corrected chi connectivity index (χ3v) is 3.06. The van der Waals surface area contributed by atoms with Crippen molar-refractivity contribution in [1.29, 1.82) is 0 Å². The molecule has 0 atom stereocenters. The van der Waals surface area contributed by atoms with Gasteiger partial charge in [-0.2, -0.15) is 5.10 Å². The predicted octanol–water partition coefficient (Wildman–Crippen LogP) is 0.890. The van der Waals surface area contributed by atoms with E-state index in [2.05, 4.69) is 25.7 Å². The molecule has 0 spiro atoms. The average molecular weight is 276 g/mol. The lowest BCUT2D eigenvalue weighted by Gasteiger charge is -2.10. The fourth-order valence-electron chi connectivity index (χ4n) is 1.74. The second-order valence-corrected chi connectivity index (χ2v) is 4.47.